The molecular formula is C14H21N3O2. The molecule has 1 aromatic rings. The molecule has 0 spiro atoms. The summed E-state index contributed by atoms with van der Waals surface area (Å²) in [6.45, 7) is 0. The predicted molar refractivity (Wildman–Crippen MR) is 75.3 cm³/mol. The number of carbonyl (C=O) groups excluding carboxylic acids is 1. The zero-order valence-electron chi connectivity index (χ0n) is 11.6. The van der Waals surface area contributed by atoms with E-state index in [2.05, 4.69) is 9.88 Å². The van der Waals surface area contributed by atoms with Gasteiger partial charge in [-0.05, 0) is 18.9 Å². The zero-order valence-corrected chi connectivity index (χ0v) is 11.6. The Morgan fingerprint density at radius 3 is 2.74 bits per heavy atom. The van der Waals surface area contributed by atoms with E-state index in [1.54, 1.807) is 6.07 Å². The third kappa shape index (κ3) is 2.97. The number of rotatable bonds is 3. The van der Waals surface area contributed by atoms with Gasteiger partial charge in [0.05, 0.1) is 24.6 Å². The quantitative estimate of drug-likeness (QED) is 0.847. The molecule has 0 saturated heterocycles. The molecule has 5 heteroatoms. The first kappa shape index (κ1) is 13.6. The summed E-state index contributed by atoms with van der Waals surface area (Å²) in [6, 6.07) is 2.21. The highest BCUT2D eigenvalue weighted by Gasteiger charge is 2.21. The Bertz CT molecular complexity index is 456. The number of anilines is 2. The molecule has 1 aromatic heterocycles. The minimum absolute atomic E-state index is 0.354. The highest BCUT2D eigenvalue weighted by Crippen LogP contribution is 2.26. The Morgan fingerprint density at radius 2 is 2.11 bits per heavy atom. The number of nitrogens with two attached hydrogens (primary N) is 1. The molecule has 104 valence electrons. The fraction of sp³-hybridized carbons (Fsp3) is 0.571. The average Bonchev–Trinajstić information content (AvgIpc) is 2.47. The highest BCUT2D eigenvalue weighted by atomic mass is 16.5. The normalized spacial score (nSPS) is 16.1. The van der Waals surface area contributed by atoms with Crippen molar-refractivity contribution < 1.29 is 9.53 Å². The minimum atomic E-state index is -0.418. The molecule has 0 aromatic carbocycles. The van der Waals surface area contributed by atoms with Crippen molar-refractivity contribution in [1.82, 2.24) is 4.98 Å². The Labute approximate surface area is 113 Å². The molecule has 0 unspecified atom stereocenters. The van der Waals surface area contributed by atoms with Gasteiger partial charge in [-0.1, -0.05) is 19.3 Å². The van der Waals surface area contributed by atoms with E-state index in [1.165, 1.54) is 45.4 Å². The molecular weight excluding hydrogens is 242 g/mol. The zero-order chi connectivity index (χ0) is 13.8. The summed E-state index contributed by atoms with van der Waals surface area (Å²) >= 11 is 0. The van der Waals surface area contributed by atoms with Crippen LogP contribution in [0.4, 0.5) is 11.5 Å². The lowest BCUT2D eigenvalue weighted by molar-refractivity contribution is 0.0602. The minimum Gasteiger partial charge on any atom is -0.465 e. The van der Waals surface area contributed by atoms with Crippen molar-refractivity contribution >= 4 is 17.5 Å². The maximum atomic E-state index is 11.6. The van der Waals surface area contributed by atoms with E-state index in [9.17, 15) is 4.79 Å². The van der Waals surface area contributed by atoms with Gasteiger partial charge in [-0.15, -0.1) is 0 Å². The number of pyridine rings is 1. The van der Waals surface area contributed by atoms with Crippen LogP contribution in [0.5, 0.6) is 0 Å². The van der Waals surface area contributed by atoms with Gasteiger partial charge in [0.1, 0.15) is 5.82 Å². The van der Waals surface area contributed by atoms with Crippen molar-refractivity contribution in [2.45, 2.75) is 38.1 Å². The first-order valence-electron chi connectivity index (χ1n) is 6.70. The van der Waals surface area contributed by atoms with E-state index in [-0.39, 0.29) is 0 Å². The van der Waals surface area contributed by atoms with Gasteiger partial charge in [0.2, 0.25) is 0 Å². The number of aromatic nitrogens is 1. The topological polar surface area (TPSA) is 68.5 Å². The van der Waals surface area contributed by atoms with Crippen molar-refractivity contribution in [1.29, 1.82) is 0 Å². The third-order valence-electron chi connectivity index (χ3n) is 3.81. The number of hydrogen-bond donors (Lipinski definition) is 1. The smallest absolute Gasteiger partial charge is 0.340 e. The standard InChI is InChI=1S/C14H21N3O2/c1-17(10-6-4-3-5-7-10)13-8-11(14(18)19-2)12(15)9-16-13/h8-10H,3-7,15H2,1-2H3. The van der Waals surface area contributed by atoms with Gasteiger partial charge < -0.3 is 15.4 Å². The lowest BCUT2D eigenvalue weighted by Crippen LogP contribution is -2.34. The monoisotopic (exact) mass is 263 g/mol. The fourth-order valence-corrected chi connectivity index (χ4v) is 2.59. The molecule has 1 saturated carbocycles. The van der Waals surface area contributed by atoms with Gasteiger partial charge in [-0.25, -0.2) is 9.78 Å². The fourth-order valence-electron chi connectivity index (χ4n) is 2.59. The van der Waals surface area contributed by atoms with Gasteiger partial charge in [0.15, 0.2) is 0 Å². The molecule has 0 bridgehead atoms. The molecule has 0 radical (unpaired) electrons. The molecule has 19 heavy (non-hydrogen) atoms. The molecule has 5 nitrogen and oxygen atoms in total. The first-order valence-corrected chi connectivity index (χ1v) is 6.70. The van der Waals surface area contributed by atoms with Crippen LogP contribution in [0.3, 0.4) is 0 Å². The van der Waals surface area contributed by atoms with Gasteiger partial charge >= 0.3 is 5.97 Å². The number of ether oxygens (including phenoxy) is 1. The molecule has 0 aliphatic heterocycles. The molecule has 0 amide bonds. The van der Waals surface area contributed by atoms with Crippen molar-refractivity contribution in [3.8, 4) is 0 Å². The molecule has 1 aliphatic carbocycles. The van der Waals surface area contributed by atoms with Crippen LogP contribution in [-0.2, 0) is 4.74 Å². The number of carbonyl (C=O) groups is 1. The van der Waals surface area contributed by atoms with E-state index in [4.69, 9.17) is 10.5 Å². The van der Waals surface area contributed by atoms with Crippen LogP contribution in [0.2, 0.25) is 0 Å². The van der Waals surface area contributed by atoms with Crippen LogP contribution in [0.25, 0.3) is 0 Å². The Morgan fingerprint density at radius 1 is 1.42 bits per heavy atom. The Balaban J connectivity index is 2.21. The molecule has 1 heterocycles. The summed E-state index contributed by atoms with van der Waals surface area (Å²) in [5.74, 6) is 0.361. The van der Waals surface area contributed by atoms with Gasteiger partial charge in [0.25, 0.3) is 0 Å². The summed E-state index contributed by atoms with van der Waals surface area (Å²) in [7, 11) is 3.38. The second-order valence-corrected chi connectivity index (χ2v) is 5.02. The second kappa shape index (κ2) is 5.91. The predicted octanol–water partition coefficient (Wildman–Crippen LogP) is 2.22. The van der Waals surface area contributed by atoms with E-state index in [0.29, 0.717) is 17.3 Å². The Hall–Kier alpha value is -1.78. The van der Waals surface area contributed by atoms with Crippen molar-refractivity contribution in [2.75, 3.05) is 24.8 Å². The second-order valence-electron chi connectivity index (χ2n) is 5.02. The summed E-state index contributed by atoms with van der Waals surface area (Å²) in [5, 5.41) is 0. The highest BCUT2D eigenvalue weighted by molar-refractivity contribution is 5.95. The summed E-state index contributed by atoms with van der Waals surface area (Å²) in [4.78, 5) is 18.1. The SMILES string of the molecule is COC(=O)c1cc(N(C)C2CCCCC2)ncc1N. The van der Waals surface area contributed by atoms with E-state index < -0.39 is 5.97 Å². The van der Waals surface area contributed by atoms with Gasteiger partial charge in [0, 0.05) is 13.1 Å². The van der Waals surface area contributed by atoms with Crippen LogP contribution in [0.1, 0.15) is 42.5 Å². The maximum absolute atomic E-state index is 11.6. The number of methoxy groups -OCH3 is 1. The molecule has 2 N–H and O–H groups in total. The van der Waals surface area contributed by atoms with Crippen LogP contribution < -0.4 is 10.6 Å². The number of esters is 1. The van der Waals surface area contributed by atoms with Crippen molar-refractivity contribution in [3.63, 3.8) is 0 Å². The van der Waals surface area contributed by atoms with Crippen LogP contribution in [-0.4, -0.2) is 31.2 Å². The van der Waals surface area contributed by atoms with E-state index in [1.807, 2.05) is 7.05 Å². The van der Waals surface area contributed by atoms with Gasteiger partial charge in [-0.3, -0.25) is 0 Å². The molecule has 1 aliphatic rings. The largest absolute Gasteiger partial charge is 0.465 e. The van der Waals surface area contributed by atoms with Crippen molar-refractivity contribution in [3.05, 3.63) is 17.8 Å². The Kier molecular flexibility index (Phi) is 4.24. The van der Waals surface area contributed by atoms with E-state index >= 15 is 0 Å². The van der Waals surface area contributed by atoms with E-state index in [0.717, 1.165) is 5.82 Å². The number of nitrogen functional groups attached to an aromatic ring is 1. The molecule has 0 atom stereocenters. The van der Waals surface area contributed by atoms with Crippen LogP contribution in [0.15, 0.2) is 12.3 Å². The molecule has 1 fully saturated rings. The number of hydrogen-bond acceptors (Lipinski definition) is 5. The lowest BCUT2D eigenvalue weighted by atomic mass is 9.94. The van der Waals surface area contributed by atoms with Crippen LogP contribution in [0, 0.1) is 0 Å². The van der Waals surface area contributed by atoms with Crippen LogP contribution >= 0.6 is 0 Å². The lowest BCUT2D eigenvalue weighted by Gasteiger charge is -2.32. The molecule has 2 rings (SSSR count). The summed E-state index contributed by atoms with van der Waals surface area (Å²) in [6.07, 6.45) is 7.71. The first-order chi connectivity index (χ1) is 9.13. The van der Waals surface area contributed by atoms with Gasteiger partial charge in [-0.2, -0.15) is 0 Å². The number of nitrogens with zero attached hydrogens (tertiary/aromatic N) is 2. The summed E-state index contributed by atoms with van der Waals surface area (Å²) < 4.78 is 4.73. The average molecular weight is 263 g/mol. The summed E-state index contributed by atoms with van der Waals surface area (Å²) in [5.41, 5.74) is 6.50. The maximum Gasteiger partial charge on any atom is 0.340 e. The van der Waals surface area contributed by atoms with Crippen molar-refractivity contribution in [2.24, 2.45) is 0 Å². The third-order valence-corrected chi connectivity index (χ3v) is 3.81.